The second-order valence-corrected chi connectivity index (χ2v) is 9.73. The van der Waals surface area contributed by atoms with E-state index in [1.807, 2.05) is 24.3 Å². The van der Waals surface area contributed by atoms with Crippen molar-refractivity contribution in [2.24, 2.45) is 0 Å². The van der Waals surface area contributed by atoms with E-state index < -0.39 is 31.0 Å². The molecule has 0 N–H and O–H groups in total. The number of nitrogens with zero attached hydrogens (tertiary/aromatic N) is 2. The summed E-state index contributed by atoms with van der Waals surface area (Å²) >= 11 is 0. The van der Waals surface area contributed by atoms with Gasteiger partial charge >= 0.3 is 12.1 Å². The third-order valence-electron chi connectivity index (χ3n) is 6.23. The van der Waals surface area contributed by atoms with Crippen LogP contribution in [-0.4, -0.2) is 54.1 Å². The Hall–Kier alpha value is -2.88. The first-order valence-corrected chi connectivity index (χ1v) is 14.3. The van der Waals surface area contributed by atoms with E-state index in [0.29, 0.717) is 12.4 Å². The lowest BCUT2D eigenvalue weighted by Crippen LogP contribution is -2.41. The van der Waals surface area contributed by atoms with Crippen LogP contribution in [0, 0.1) is 0 Å². The number of aromatic nitrogens is 2. The number of hydrogen-bond donors (Lipinski definition) is 0. The maximum absolute atomic E-state index is 13.5. The highest BCUT2D eigenvalue weighted by atomic mass is 19.4. The maximum Gasteiger partial charge on any atom is 0.428 e. The second-order valence-electron chi connectivity index (χ2n) is 9.73. The maximum atomic E-state index is 13.5. The third-order valence-corrected chi connectivity index (χ3v) is 6.23. The molecule has 0 radical (unpaired) electrons. The highest BCUT2D eigenvalue weighted by molar-refractivity contribution is 5.74. The van der Waals surface area contributed by atoms with Crippen molar-refractivity contribution in [3.8, 4) is 22.9 Å². The van der Waals surface area contributed by atoms with Crippen LogP contribution in [0.25, 0.3) is 11.4 Å². The Bertz CT molecular complexity index is 955. The quantitative estimate of drug-likeness (QED) is 0.119. The molecule has 0 fully saturated rings. The summed E-state index contributed by atoms with van der Waals surface area (Å²) in [5, 5.41) is 0. The minimum atomic E-state index is -4.81. The smallest absolute Gasteiger partial charge is 0.428 e. The number of ether oxygens (including phenoxy) is 4. The van der Waals surface area contributed by atoms with Crippen LogP contribution in [0.3, 0.4) is 0 Å². The molecule has 0 saturated carbocycles. The minimum absolute atomic E-state index is 0.0214. The molecule has 0 aliphatic carbocycles. The SMILES string of the molecule is CCCCCCCCOc1ccc(-c2ncc(OCC(OC(=O)C(C)OCCCCCC)C(F)(F)F)cn2)cc1. The van der Waals surface area contributed by atoms with Gasteiger partial charge in [0.15, 0.2) is 17.7 Å². The van der Waals surface area contributed by atoms with Gasteiger partial charge in [0.2, 0.25) is 6.10 Å². The number of unbranched alkanes of at least 4 members (excludes halogenated alkanes) is 8. The van der Waals surface area contributed by atoms with Crippen LogP contribution in [0.15, 0.2) is 36.7 Å². The number of hydrogen-bond acceptors (Lipinski definition) is 7. The van der Waals surface area contributed by atoms with E-state index in [4.69, 9.17) is 14.2 Å². The third kappa shape index (κ3) is 13.0. The van der Waals surface area contributed by atoms with Crippen molar-refractivity contribution in [3.63, 3.8) is 0 Å². The fourth-order valence-corrected chi connectivity index (χ4v) is 3.77. The molecule has 0 saturated heterocycles. The van der Waals surface area contributed by atoms with E-state index >= 15 is 0 Å². The monoisotopic (exact) mass is 568 g/mol. The molecule has 2 rings (SSSR count). The first kappa shape index (κ1) is 33.3. The summed E-state index contributed by atoms with van der Waals surface area (Å²) in [7, 11) is 0. The van der Waals surface area contributed by atoms with Gasteiger partial charge < -0.3 is 18.9 Å². The van der Waals surface area contributed by atoms with Crippen LogP contribution < -0.4 is 9.47 Å². The lowest BCUT2D eigenvalue weighted by molar-refractivity contribution is -0.231. The van der Waals surface area contributed by atoms with Gasteiger partial charge in [-0.05, 0) is 44.0 Å². The number of carbonyl (C=O) groups is 1. The highest BCUT2D eigenvalue weighted by Gasteiger charge is 2.44. The normalized spacial score (nSPS) is 13.1. The molecule has 0 amide bonds. The first-order valence-electron chi connectivity index (χ1n) is 14.3. The van der Waals surface area contributed by atoms with Gasteiger partial charge in [0.1, 0.15) is 12.4 Å². The average Bonchev–Trinajstić information content (AvgIpc) is 2.94. The van der Waals surface area contributed by atoms with E-state index in [2.05, 4.69) is 28.6 Å². The van der Waals surface area contributed by atoms with Crippen molar-refractivity contribution in [2.75, 3.05) is 19.8 Å². The molecule has 2 aromatic rings. The number of carbonyl (C=O) groups excluding carboxylic acids is 1. The van der Waals surface area contributed by atoms with Gasteiger partial charge in [0, 0.05) is 12.2 Å². The fourth-order valence-electron chi connectivity index (χ4n) is 3.77. The Morgan fingerprint density at radius 3 is 2.00 bits per heavy atom. The van der Waals surface area contributed by atoms with E-state index in [-0.39, 0.29) is 12.4 Å². The van der Waals surface area contributed by atoms with Crippen molar-refractivity contribution in [2.45, 2.75) is 103 Å². The standard InChI is InChI=1S/C30H43F3N2O5/c1-4-6-8-10-11-13-19-38-25-16-14-24(15-17-25)28-34-20-26(21-35-28)39-22-27(30(31,32)33)40-29(36)23(3)37-18-12-9-7-5-2/h14-17,20-21,23,27H,4-13,18-19,22H2,1-3H3. The summed E-state index contributed by atoms with van der Waals surface area (Å²) in [4.78, 5) is 20.5. The van der Waals surface area contributed by atoms with Gasteiger partial charge in [-0.15, -0.1) is 0 Å². The van der Waals surface area contributed by atoms with Crippen molar-refractivity contribution in [1.82, 2.24) is 9.97 Å². The predicted octanol–water partition coefficient (Wildman–Crippen LogP) is 7.72. The molecule has 1 heterocycles. The van der Waals surface area contributed by atoms with Gasteiger partial charge in [0.25, 0.3) is 0 Å². The molecule has 1 aromatic carbocycles. The van der Waals surface area contributed by atoms with Gasteiger partial charge in [-0.2, -0.15) is 13.2 Å². The summed E-state index contributed by atoms with van der Waals surface area (Å²) < 4.78 is 61.4. The summed E-state index contributed by atoms with van der Waals surface area (Å²) in [6.45, 7) is 5.65. The molecular weight excluding hydrogens is 525 g/mol. The zero-order chi connectivity index (χ0) is 29.2. The zero-order valence-electron chi connectivity index (χ0n) is 23.9. The van der Waals surface area contributed by atoms with Crippen LogP contribution in [0.5, 0.6) is 11.5 Å². The van der Waals surface area contributed by atoms with Crippen molar-refractivity contribution >= 4 is 5.97 Å². The molecule has 0 bridgehead atoms. The number of rotatable bonds is 20. The highest BCUT2D eigenvalue weighted by Crippen LogP contribution is 2.25. The van der Waals surface area contributed by atoms with Crippen LogP contribution in [-0.2, 0) is 14.3 Å². The van der Waals surface area contributed by atoms with Crippen molar-refractivity contribution in [3.05, 3.63) is 36.7 Å². The zero-order valence-corrected chi connectivity index (χ0v) is 23.9. The molecule has 7 nitrogen and oxygen atoms in total. The van der Waals surface area contributed by atoms with Crippen LogP contribution in [0.4, 0.5) is 13.2 Å². The number of esters is 1. The number of halogens is 3. The Balaban J connectivity index is 1.81. The Labute approximate surface area is 235 Å². The molecular formula is C30H43F3N2O5. The summed E-state index contributed by atoms with van der Waals surface area (Å²) in [6, 6.07) is 7.30. The largest absolute Gasteiger partial charge is 0.494 e. The van der Waals surface area contributed by atoms with Gasteiger partial charge in [-0.25, -0.2) is 14.8 Å². The summed E-state index contributed by atoms with van der Waals surface area (Å²) in [6.07, 6.45) is 5.07. The van der Waals surface area contributed by atoms with E-state index in [1.165, 1.54) is 45.0 Å². The molecule has 10 heteroatoms. The minimum Gasteiger partial charge on any atom is -0.494 e. The van der Waals surface area contributed by atoms with Crippen LogP contribution >= 0.6 is 0 Å². The fraction of sp³-hybridized carbons (Fsp3) is 0.633. The summed E-state index contributed by atoms with van der Waals surface area (Å²) in [5.41, 5.74) is 0.726. The molecule has 40 heavy (non-hydrogen) atoms. The van der Waals surface area contributed by atoms with Gasteiger partial charge in [-0.1, -0.05) is 65.2 Å². The van der Waals surface area contributed by atoms with E-state index in [9.17, 15) is 18.0 Å². The van der Waals surface area contributed by atoms with Crippen LogP contribution in [0.1, 0.15) is 85.0 Å². The topological polar surface area (TPSA) is 79.8 Å². The lowest BCUT2D eigenvalue weighted by Gasteiger charge is -2.22. The molecule has 2 unspecified atom stereocenters. The van der Waals surface area contributed by atoms with E-state index in [0.717, 1.165) is 49.8 Å². The Morgan fingerprint density at radius 2 is 1.38 bits per heavy atom. The molecule has 224 valence electrons. The van der Waals surface area contributed by atoms with Gasteiger partial charge in [0.05, 0.1) is 19.0 Å². The van der Waals surface area contributed by atoms with Gasteiger partial charge in [-0.3, -0.25) is 0 Å². The first-order chi connectivity index (χ1) is 19.2. The van der Waals surface area contributed by atoms with Crippen LogP contribution in [0.2, 0.25) is 0 Å². The summed E-state index contributed by atoms with van der Waals surface area (Å²) in [5.74, 6) is 0.0697. The molecule has 2 atom stereocenters. The molecule has 0 spiro atoms. The van der Waals surface area contributed by atoms with Crippen molar-refractivity contribution < 1.29 is 36.9 Å². The Kier molecular flexibility index (Phi) is 15.4. The second kappa shape index (κ2) is 18.5. The van der Waals surface area contributed by atoms with Crippen molar-refractivity contribution in [1.29, 1.82) is 0 Å². The molecule has 1 aromatic heterocycles. The molecule has 0 aliphatic heterocycles. The van der Waals surface area contributed by atoms with E-state index in [1.54, 1.807) is 0 Å². The number of alkyl halides is 3. The average molecular weight is 569 g/mol. The lowest BCUT2D eigenvalue weighted by atomic mass is 10.1. The number of benzene rings is 1. The molecule has 0 aliphatic rings. The predicted molar refractivity (Wildman–Crippen MR) is 147 cm³/mol. The Morgan fingerprint density at radius 1 is 0.800 bits per heavy atom.